The fourth-order valence-electron chi connectivity index (χ4n) is 3.30. The molecule has 0 aliphatic rings. The van der Waals surface area contributed by atoms with Gasteiger partial charge in [0.05, 0.1) is 28.4 Å². The largest absolute Gasteiger partial charge is 0.464 e. The monoisotopic (exact) mass is 473 g/mol. The minimum absolute atomic E-state index is 0.202. The highest BCUT2D eigenvalue weighted by Gasteiger charge is 2.18. The number of ether oxygens (including phenoxy) is 1. The van der Waals surface area contributed by atoms with Gasteiger partial charge in [0.1, 0.15) is 12.8 Å². The van der Waals surface area contributed by atoms with E-state index < -0.39 is 11.5 Å². The van der Waals surface area contributed by atoms with E-state index >= 15 is 0 Å². The molecule has 4 aromatic rings. The molecular weight excluding hydrogens is 457 g/mol. The fourth-order valence-corrected chi connectivity index (χ4v) is 3.90. The molecule has 0 saturated carbocycles. The number of nitrogens with zero attached hydrogens (tertiary/aromatic N) is 4. The predicted octanol–water partition coefficient (Wildman–Crippen LogP) is 3.69. The maximum atomic E-state index is 13.1. The second-order valence-electron chi connectivity index (χ2n) is 6.75. The normalized spacial score (nSPS) is 10.9. The van der Waals surface area contributed by atoms with Crippen LogP contribution in [0.3, 0.4) is 0 Å². The van der Waals surface area contributed by atoms with Crippen molar-refractivity contribution in [2.45, 2.75) is 0 Å². The molecule has 4 rings (SSSR count). The SMILES string of the molecule is COC(=O)c1cc(Nc2ncc3cc(-c4c(Cl)cccc4Cl)c(=O)n(OC)c3n2)cn1C. The van der Waals surface area contributed by atoms with Gasteiger partial charge < -0.3 is 19.5 Å². The standard InChI is InChI=1S/C21H17Cl2N5O4/c1-27-10-12(8-16(27)20(30)31-2)25-21-24-9-11-7-13(17-14(22)5-4-6-15(17)23)19(29)28(32-3)18(11)26-21/h4-10H,1-3H3,(H,24,25,26). The van der Waals surface area contributed by atoms with Crippen molar-refractivity contribution in [3.8, 4) is 11.1 Å². The molecular formula is C21H17Cl2N5O4. The van der Waals surface area contributed by atoms with Crippen LogP contribution in [-0.4, -0.2) is 39.5 Å². The van der Waals surface area contributed by atoms with Crippen molar-refractivity contribution in [3.05, 3.63) is 68.8 Å². The van der Waals surface area contributed by atoms with Gasteiger partial charge in [-0.25, -0.2) is 9.78 Å². The average molecular weight is 474 g/mol. The Kier molecular flexibility index (Phi) is 5.77. The number of carbonyl (C=O) groups is 1. The molecule has 0 spiro atoms. The molecule has 164 valence electrons. The van der Waals surface area contributed by atoms with Crippen molar-refractivity contribution >= 4 is 51.8 Å². The third-order valence-electron chi connectivity index (χ3n) is 4.77. The second-order valence-corrected chi connectivity index (χ2v) is 7.57. The van der Waals surface area contributed by atoms with Crippen LogP contribution in [0.15, 0.2) is 47.5 Å². The highest BCUT2D eigenvalue weighted by atomic mass is 35.5. The van der Waals surface area contributed by atoms with E-state index in [0.717, 1.165) is 4.73 Å². The number of rotatable bonds is 5. The Morgan fingerprint density at radius 2 is 1.88 bits per heavy atom. The minimum atomic E-state index is -0.479. The van der Waals surface area contributed by atoms with Crippen molar-refractivity contribution in [1.29, 1.82) is 0 Å². The number of anilines is 2. The number of methoxy groups -OCH3 is 1. The van der Waals surface area contributed by atoms with Gasteiger partial charge in [-0.1, -0.05) is 29.3 Å². The van der Waals surface area contributed by atoms with Crippen molar-refractivity contribution in [1.82, 2.24) is 19.3 Å². The predicted molar refractivity (Wildman–Crippen MR) is 122 cm³/mol. The summed E-state index contributed by atoms with van der Waals surface area (Å²) in [6.07, 6.45) is 3.23. The van der Waals surface area contributed by atoms with Gasteiger partial charge in [-0.15, -0.1) is 4.73 Å². The Bertz CT molecular complexity index is 1390. The van der Waals surface area contributed by atoms with Crippen LogP contribution in [0.1, 0.15) is 10.5 Å². The summed E-state index contributed by atoms with van der Waals surface area (Å²) in [6, 6.07) is 8.21. The van der Waals surface area contributed by atoms with Crippen molar-refractivity contribution in [3.63, 3.8) is 0 Å². The zero-order chi connectivity index (χ0) is 23.0. The van der Waals surface area contributed by atoms with Crippen LogP contribution in [-0.2, 0) is 11.8 Å². The Labute approximate surface area is 192 Å². The number of carbonyl (C=O) groups excluding carboxylic acids is 1. The van der Waals surface area contributed by atoms with E-state index in [1.54, 1.807) is 48.1 Å². The Morgan fingerprint density at radius 1 is 1.16 bits per heavy atom. The first-order valence-electron chi connectivity index (χ1n) is 9.27. The van der Waals surface area contributed by atoms with Gasteiger partial charge in [0.25, 0.3) is 5.56 Å². The summed E-state index contributed by atoms with van der Waals surface area (Å²) in [5.41, 5.74) is 1.34. The third kappa shape index (κ3) is 3.76. The lowest BCUT2D eigenvalue weighted by atomic mass is 10.1. The number of aromatic nitrogens is 4. The van der Waals surface area contributed by atoms with E-state index in [2.05, 4.69) is 15.3 Å². The van der Waals surface area contributed by atoms with Crippen molar-refractivity contribution < 1.29 is 14.4 Å². The highest BCUT2D eigenvalue weighted by Crippen LogP contribution is 2.33. The summed E-state index contributed by atoms with van der Waals surface area (Å²) in [5, 5.41) is 4.21. The molecule has 32 heavy (non-hydrogen) atoms. The van der Waals surface area contributed by atoms with Gasteiger partial charge in [-0.05, 0) is 24.3 Å². The second kappa shape index (κ2) is 8.52. The Morgan fingerprint density at radius 3 is 2.53 bits per heavy atom. The smallest absolute Gasteiger partial charge is 0.354 e. The van der Waals surface area contributed by atoms with Crippen LogP contribution in [0.4, 0.5) is 11.6 Å². The zero-order valence-electron chi connectivity index (χ0n) is 17.2. The van der Waals surface area contributed by atoms with Crippen LogP contribution < -0.4 is 15.7 Å². The first-order valence-corrected chi connectivity index (χ1v) is 10.0. The van der Waals surface area contributed by atoms with E-state index in [4.69, 9.17) is 32.8 Å². The maximum absolute atomic E-state index is 13.1. The van der Waals surface area contributed by atoms with Gasteiger partial charge in [-0.2, -0.15) is 4.98 Å². The third-order valence-corrected chi connectivity index (χ3v) is 5.40. The van der Waals surface area contributed by atoms with E-state index in [0.29, 0.717) is 32.4 Å². The zero-order valence-corrected chi connectivity index (χ0v) is 18.7. The first-order chi connectivity index (χ1) is 15.3. The number of benzene rings is 1. The molecule has 0 fully saturated rings. The van der Waals surface area contributed by atoms with Gasteiger partial charge in [0.15, 0.2) is 5.65 Å². The number of aryl methyl sites for hydroxylation is 1. The molecule has 0 saturated heterocycles. The number of esters is 1. The van der Waals surface area contributed by atoms with Crippen LogP contribution in [0.2, 0.25) is 10.0 Å². The van der Waals surface area contributed by atoms with Crippen LogP contribution in [0.5, 0.6) is 0 Å². The number of hydrogen-bond acceptors (Lipinski definition) is 7. The van der Waals surface area contributed by atoms with E-state index in [9.17, 15) is 9.59 Å². The molecule has 0 radical (unpaired) electrons. The summed E-state index contributed by atoms with van der Waals surface area (Å²) in [5.74, 6) is -0.271. The number of hydrogen-bond donors (Lipinski definition) is 1. The molecule has 0 amide bonds. The first kappa shape index (κ1) is 21.7. The quantitative estimate of drug-likeness (QED) is 0.441. The number of pyridine rings is 1. The highest BCUT2D eigenvalue weighted by molar-refractivity contribution is 6.39. The number of nitrogens with one attached hydrogen (secondary N) is 1. The molecule has 0 bridgehead atoms. The molecule has 1 aromatic carbocycles. The molecule has 0 unspecified atom stereocenters. The molecule has 11 heteroatoms. The van der Waals surface area contributed by atoms with Crippen LogP contribution >= 0.6 is 23.2 Å². The van der Waals surface area contributed by atoms with Crippen LogP contribution in [0.25, 0.3) is 22.2 Å². The lowest BCUT2D eigenvalue weighted by Crippen LogP contribution is -2.27. The van der Waals surface area contributed by atoms with E-state index in [-0.39, 0.29) is 17.2 Å². The molecule has 9 nitrogen and oxygen atoms in total. The fraction of sp³-hybridized carbons (Fsp3) is 0.143. The molecule has 0 atom stereocenters. The average Bonchev–Trinajstić information content (AvgIpc) is 3.13. The number of halogens is 2. The van der Waals surface area contributed by atoms with E-state index in [1.165, 1.54) is 20.4 Å². The lowest BCUT2D eigenvalue weighted by Gasteiger charge is -2.13. The van der Waals surface area contributed by atoms with E-state index in [1.807, 2.05) is 0 Å². The maximum Gasteiger partial charge on any atom is 0.354 e. The van der Waals surface area contributed by atoms with Gasteiger partial charge in [-0.3, -0.25) is 4.79 Å². The summed E-state index contributed by atoms with van der Waals surface area (Å²) in [4.78, 5) is 39.0. The number of fused-ring (bicyclic) bond motifs is 1. The van der Waals surface area contributed by atoms with Crippen LogP contribution in [0, 0.1) is 0 Å². The topological polar surface area (TPSA) is 100 Å². The van der Waals surface area contributed by atoms with Crippen molar-refractivity contribution in [2.75, 3.05) is 19.5 Å². The summed E-state index contributed by atoms with van der Waals surface area (Å²) in [6.45, 7) is 0. The molecule has 0 aliphatic heterocycles. The van der Waals surface area contributed by atoms with Crippen molar-refractivity contribution in [2.24, 2.45) is 7.05 Å². The van der Waals surface area contributed by atoms with Gasteiger partial charge >= 0.3 is 5.97 Å². The minimum Gasteiger partial charge on any atom is -0.464 e. The molecule has 3 heterocycles. The summed E-state index contributed by atoms with van der Waals surface area (Å²) in [7, 11) is 4.37. The van der Waals surface area contributed by atoms with Gasteiger partial charge in [0, 0.05) is 30.4 Å². The Hall–Kier alpha value is -3.56. The molecule has 3 aromatic heterocycles. The Balaban J connectivity index is 1.80. The molecule has 0 aliphatic carbocycles. The lowest BCUT2D eigenvalue weighted by molar-refractivity contribution is 0.0590. The summed E-state index contributed by atoms with van der Waals surface area (Å²) < 4.78 is 7.41. The van der Waals surface area contributed by atoms with Gasteiger partial charge in [0.2, 0.25) is 5.95 Å². The molecule has 1 N–H and O–H groups in total. The summed E-state index contributed by atoms with van der Waals surface area (Å²) >= 11 is 12.6.